The summed E-state index contributed by atoms with van der Waals surface area (Å²) >= 11 is 0. The highest BCUT2D eigenvalue weighted by Crippen LogP contribution is 2.20. The molecule has 1 saturated heterocycles. The van der Waals surface area contributed by atoms with Crippen LogP contribution in [0.5, 0.6) is 5.75 Å². The molecule has 0 spiro atoms. The van der Waals surface area contributed by atoms with Crippen LogP contribution >= 0.6 is 0 Å². The van der Waals surface area contributed by atoms with Crippen molar-refractivity contribution in [1.29, 1.82) is 0 Å². The summed E-state index contributed by atoms with van der Waals surface area (Å²) in [6.07, 6.45) is 0.975. The van der Waals surface area contributed by atoms with E-state index in [0.717, 1.165) is 25.3 Å². The maximum absolute atomic E-state index is 12.8. The average Bonchev–Trinajstić information content (AvgIpc) is 2.74. The van der Waals surface area contributed by atoms with Crippen LogP contribution in [0.25, 0.3) is 0 Å². The molecule has 0 aromatic heterocycles. The van der Waals surface area contributed by atoms with E-state index in [1.54, 1.807) is 36.4 Å². The smallest absolute Gasteiger partial charge is 0.255 e. The second-order valence-electron chi connectivity index (χ2n) is 8.24. The molecule has 8 heteroatoms. The van der Waals surface area contributed by atoms with E-state index in [1.165, 1.54) is 16.4 Å². The number of nitrogens with one attached hydrogen (secondary N) is 1. The monoisotopic (exact) mass is 445 g/mol. The lowest BCUT2D eigenvalue weighted by Gasteiger charge is -2.31. The summed E-state index contributed by atoms with van der Waals surface area (Å²) < 4.78 is 32.8. The summed E-state index contributed by atoms with van der Waals surface area (Å²) in [5.41, 5.74) is 1.05. The average molecular weight is 446 g/mol. The van der Waals surface area contributed by atoms with Gasteiger partial charge in [0.15, 0.2) is 0 Å². The van der Waals surface area contributed by atoms with E-state index in [4.69, 9.17) is 4.74 Å². The number of benzene rings is 2. The van der Waals surface area contributed by atoms with Crippen LogP contribution in [0.3, 0.4) is 0 Å². The van der Waals surface area contributed by atoms with Crippen LogP contribution in [0.1, 0.15) is 30.6 Å². The number of hydrogen-bond donors (Lipinski definition) is 1. The molecule has 1 aliphatic heterocycles. The molecule has 168 valence electrons. The Hall–Kier alpha value is -2.42. The van der Waals surface area contributed by atoms with Crippen molar-refractivity contribution >= 4 is 21.6 Å². The number of carbonyl (C=O) groups excluding carboxylic acids is 1. The highest BCUT2D eigenvalue weighted by atomic mass is 32.2. The molecule has 1 aliphatic rings. The largest absolute Gasteiger partial charge is 0.494 e. The lowest BCUT2D eigenvalue weighted by atomic mass is 10.1. The summed E-state index contributed by atoms with van der Waals surface area (Å²) in [7, 11) is -1.54. The van der Waals surface area contributed by atoms with E-state index >= 15 is 0 Å². The second-order valence-corrected chi connectivity index (χ2v) is 10.2. The predicted octanol–water partition coefficient (Wildman–Crippen LogP) is 3.30. The van der Waals surface area contributed by atoms with Crippen molar-refractivity contribution in [1.82, 2.24) is 9.21 Å². The number of piperazine rings is 1. The third-order valence-corrected chi connectivity index (χ3v) is 7.21. The Balaban J connectivity index is 1.58. The van der Waals surface area contributed by atoms with E-state index in [1.807, 2.05) is 7.05 Å². The number of anilines is 1. The molecule has 0 bridgehead atoms. The van der Waals surface area contributed by atoms with Gasteiger partial charge >= 0.3 is 0 Å². The molecule has 1 fully saturated rings. The number of amides is 1. The molecule has 2 aromatic carbocycles. The Morgan fingerprint density at radius 2 is 1.61 bits per heavy atom. The number of ether oxygens (including phenoxy) is 1. The van der Waals surface area contributed by atoms with E-state index in [9.17, 15) is 13.2 Å². The zero-order chi connectivity index (χ0) is 22.4. The summed E-state index contributed by atoms with van der Waals surface area (Å²) in [5, 5.41) is 2.80. The van der Waals surface area contributed by atoms with Crippen LogP contribution in [0, 0.1) is 5.92 Å². The first-order chi connectivity index (χ1) is 14.8. The number of hydrogen-bond acceptors (Lipinski definition) is 5. The highest BCUT2D eigenvalue weighted by molar-refractivity contribution is 7.89. The fourth-order valence-corrected chi connectivity index (χ4v) is 4.63. The van der Waals surface area contributed by atoms with Crippen LogP contribution in [-0.2, 0) is 10.0 Å². The van der Waals surface area contributed by atoms with Gasteiger partial charge in [0, 0.05) is 37.4 Å². The third-order valence-electron chi connectivity index (χ3n) is 5.29. The zero-order valence-corrected chi connectivity index (χ0v) is 19.2. The molecule has 0 atom stereocenters. The first-order valence-electron chi connectivity index (χ1n) is 10.6. The third kappa shape index (κ3) is 6.29. The summed E-state index contributed by atoms with van der Waals surface area (Å²) in [4.78, 5) is 14.8. The Kier molecular flexibility index (Phi) is 7.69. The maximum Gasteiger partial charge on any atom is 0.255 e. The van der Waals surface area contributed by atoms with Gasteiger partial charge in [-0.2, -0.15) is 4.31 Å². The highest BCUT2D eigenvalue weighted by Gasteiger charge is 2.27. The van der Waals surface area contributed by atoms with Gasteiger partial charge in [-0.3, -0.25) is 4.79 Å². The number of carbonyl (C=O) groups is 1. The Morgan fingerprint density at radius 3 is 2.19 bits per heavy atom. The molecule has 1 heterocycles. The van der Waals surface area contributed by atoms with Crippen LogP contribution in [0.2, 0.25) is 0 Å². The van der Waals surface area contributed by atoms with Gasteiger partial charge in [-0.05, 0) is 67.9 Å². The summed E-state index contributed by atoms with van der Waals surface area (Å²) in [6.45, 7) is 7.33. The van der Waals surface area contributed by atoms with Gasteiger partial charge in [-0.25, -0.2) is 8.42 Å². The number of likely N-dealkylation sites (N-methyl/N-ethyl adjacent to an activating group) is 1. The van der Waals surface area contributed by atoms with Crippen LogP contribution in [0.15, 0.2) is 53.4 Å². The lowest BCUT2D eigenvalue weighted by Crippen LogP contribution is -2.46. The zero-order valence-electron chi connectivity index (χ0n) is 18.4. The van der Waals surface area contributed by atoms with Gasteiger partial charge in [0.1, 0.15) is 5.75 Å². The number of nitrogens with zero attached hydrogens (tertiary/aromatic N) is 2. The fourth-order valence-electron chi connectivity index (χ4n) is 3.21. The van der Waals surface area contributed by atoms with Gasteiger partial charge in [-0.1, -0.05) is 13.8 Å². The Morgan fingerprint density at radius 1 is 1.00 bits per heavy atom. The first-order valence-corrected chi connectivity index (χ1v) is 12.0. The second kappa shape index (κ2) is 10.3. The molecule has 2 aromatic rings. The quantitative estimate of drug-likeness (QED) is 0.675. The van der Waals surface area contributed by atoms with E-state index in [2.05, 4.69) is 24.1 Å². The van der Waals surface area contributed by atoms with Gasteiger partial charge in [0.25, 0.3) is 5.91 Å². The summed E-state index contributed by atoms with van der Waals surface area (Å²) in [6, 6.07) is 13.3. The molecule has 0 aliphatic carbocycles. The van der Waals surface area contributed by atoms with Crippen molar-refractivity contribution in [2.24, 2.45) is 5.92 Å². The van der Waals surface area contributed by atoms with Crippen molar-refractivity contribution in [3.8, 4) is 5.75 Å². The van der Waals surface area contributed by atoms with Gasteiger partial charge in [0.05, 0.1) is 11.5 Å². The van der Waals surface area contributed by atoms with E-state index < -0.39 is 10.0 Å². The topological polar surface area (TPSA) is 78.9 Å². The van der Waals surface area contributed by atoms with Crippen molar-refractivity contribution in [2.45, 2.75) is 25.2 Å². The van der Waals surface area contributed by atoms with Crippen molar-refractivity contribution in [2.75, 3.05) is 45.2 Å². The minimum Gasteiger partial charge on any atom is -0.494 e. The number of rotatable bonds is 8. The molecule has 1 N–H and O–H groups in total. The lowest BCUT2D eigenvalue weighted by molar-refractivity contribution is 0.102. The van der Waals surface area contributed by atoms with Crippen molar-refractivity contribution in [3.05, 3.63) is 54.1 Å². The predicted molar refractivity (Wildman–Crippen MR) is 122 cm³/mol. The van der Waals surface area contributed by atoms with Crippen LogP contribution in [0.4, 0.5) is 5.69 Å². The molecular weight excluding hydrogens is 414 g/mol. The molecule has 3 rings (SSSR count). The van der Waals surface area contributed by atoms with Crippen molar-refractivity contribution < 1.29 is 17.9 Å². The van der Waals surface area contributed by atoms with Crippen molar-refractivity contribution in [3.63, 3.8) is 0 Å². The van der Waals surface area contributed by atoms with E-state index in [-0.39, 0.29) is 10.8 Å². The minimum atomic E-state index is -3.52. The molecule has 7 nitrogen and oxygen atoms in total. The van der Waals surface area contributed by atoms with E-state index in [0.29, 0.717) is 36.9 Å². The van der Waals surface area contributed by atoms with Gasteiger partial charge in [-0.15, -0.1) is 0 Å². The maximum atomic E-state index is 12.8. The SMILES string of the molecule is CC(C)CCOc1ccc(C(=O)Nc2ccc(S(=O)(=O)N3CCN(C)CC3)cc2)cc1. The molecular formula is C23H31N3O4S. The molecule has 31 heavy (non-hydrogen) atoms. The van der Waals surface area contributed by atoms with Gasteiger partial charge in [0.2, 0.25) is 10.0 Å². The summed E-state index contributed by atoms with van der Waals surface area (Å²) in [5.74, 6) is 1.05. The fraction of sp³-hybridized carbons (Fsp3) is 0.435. The minimum absolute atomic E-state index is 0.234. The van der Waals surface area contributed by atoms with Crippen LogP contribution < -0.4 is 10.1 Å². The normalized spacial score (nSPS) is 15.7. The molecule has 1 amide bonds. The Labute approximate surface area is 185 Å². The molecule has 0 radical (unpaired) electrons. The number of sulfonamides is 1. The van der Waals surface area contributed by atoms with Crippen LogP contribution in [-0.4, -0.2) is 63.4 Å². The molecule has 0 saturated carbocycles. The first kappa shape index (κ1) is 23.2. The van der Waals surface area contributed by atoms with Gasteiger partial charge < -0.3 is 15.0 Å². The standard InChI is InChI=1S/C23H31N3O4S/c1-18(2)12-17-30-21-8-4-19(5-9-21)23(27)24-20-6-10-22(11-7-20)31(28,29)26-15-13-25(3)14-16-26/h4-11,18H,12-17H2,1-3H3,(H,24,27). The Bertz CT molecular complexity index is 965. The molecule has 0 unspecified atom stereocenters.